The Morgan fingerprint density at radius 2 is 1.83 bits per heavy atom. The van der Waals surface area contributed by atoms with Gasteiger partial charge < -0.3 is 9.32 Å². The standard InChI is InChI=1S/C23H30N2O4S/c1-18-12-15-25(21(17-18)22-5-4-16-29-22)23(26)11-8-19-6-9-20(10-7-19)30(27,28)24-13-2-3-14-24/h4-7,9-10,16,18,21H,2-3,8,11-15,17H2,1H3/t18-,21-/m0/s1. The summed E-state index contributed by atoms with van der Waals surface area (Å²) in [6, 6.07) is 10.8. The summed E-state index contributed by atoms with van der Waals surface area (Å²) < 4.78 is 32.4. The Hall–Kier alpha value is -2.12. The van der Waals surface area contributed by atoms with Crippen LogP contribution in [-0.4, -0.2) is 43.2 Å². The van der Waals surface area contributed by atoms with Gasteiger partial charge in [-0.1, -0.05) is 19.1 Å². The Morgan fingerprint density at radius 1 is 1.10 bits per heavy atom. The van der Waals surface area contributed by atoms with Crippen LogP contribution in [0.2, 0.25) is 0 Å². The Morgan fingerprint density at radius 3 is 2.50 bits per heavy atom. The van der Waals surface area contributed by atoms with Gasteiger partial charge >= 0.3 is 0 Å². The van der Waals surface area contributed by atoms with E-state index in [0.29, 0.717) is 36.7 Å². The Balaban J connectivity index is 1.38. The molecule has 2 fully saturated rings. The van der Waals surface area contributed by atoms with Crippen LogP contribution in [0.3, 0.4) is 0 Å². The highest BCUT2D eigenvalue weighted by Crippen LogP contribution is 2.34. The summed E-state index contributed by atoms with van der Waals surface area (Å²) >= 11 is 0. The average molecular weight is 431 g/mol. The number of rotatable bonds is 6. The molecule has 4 rings (SSSR count). The normalized spacial score (nSPS) is 23.0. The van der Waals surface area contributed by atoms with E-state index in [0.717, 1.165) is 43.6 Å². The maximum absolute atomic E-state index is 13.0. The van der Waals surface area contributed by atoms with Gasteiger partial charge in [-0.3, -0.25) is 4.79 Å². The van der Waals surface area contributed by atoms with Crippen LogP contribution in [0, 0.1) is 5.92 Å². The third-order valence-corrected chi connectivity index (χ3v) is 8.22. The fourth-order valence-corrected chi connectivity index (χ4v) is 6.01. The van der Waals surface area contributed by atoms with Crippen LogP contribution < -0.4 is 0 Å². The summed E-state index contributed by atoms with van der Waals surface area (Å²) in [7, 11) is -3.39. The Kier molecular flexibility index (Phi) is 6.29. The van der Waals surface area contributed by atoms with Gasteiger partial charge in [-0.25, -0.2) is 8.42 Å². The van der Waals surface area contributed by atoms with Crippen molar-refractivity contribution in [2.45, 2.75) is 56.4 Å². The van der Waals surface area contributed by atoms with E-state index in [1.54, 1.807) is 22.7 Å². The summed E-state index contributed by atoms with van der Waals surface area (Å²) in [5.74, 6) is 1.54. The lowest BCUT2D eigenvalue weighted by Gasteiger charge is -2.37. The zero-order chi connectivity index (χ0) is 21.1. The maximum atomic E-state index is 13.0. The quantitative estimate of drug-likeness (QED) is 0.695. The molecule has 0 bridgehead atoms. The van der Waals surface area contributed by atoms with Crippen molar-refractivity contribution in [3.8, 4) is 0 Å². The minimum Gasteiger partial charge on any atom is -0.467 e. The molecule has 0 N–H and O–H groups in total. The van der Waals surface area contributed by atoms with E-state index >= 15 is 0 Å². The van der Waals surface area contributed by atoms with E-state index in [9.17, 15) is 13.2 Å². The number of carbonyl (C=O) groups is 1. The van der Waals surface area contributed by atoms with Crippen LogP contribution in [0.5, 0.6) is 0 Å². The van der Waals surface area contributed by atoms with Gasteiger partial charge in [-0.15, -0.1) is 0 Å². The van der Waals surface area contributed by atoms with Gasteiger partial charge in [0.1, 0.15) is 5.76 Å². The summed E-state index contributed by atoms with van der Waals surface area (Å²) in [4.78, 5) is 15.3. The first-order valence-electron chi connectivity index (χ1n) is 10.9. The van der Waals surface area contributed by atoms with Crippen molar-refractivity contribution in [2.75, 3.05) is 19.6 Å². The second-order valence-corrected chi connectivity index (χ2v) is 10.4. The minimum atomic E-state index is -3.39. The Labute approximate surface area is 178 Å². The molecule has 1 aromatic heterocycles. The van der Waals surface area contributed by atoms with Gasteiger partial charge in [-0.05, 0) is 67.9 Å². The van der Waals surface area contributed by atoms with Gasteiger partial charge in [0.15, 0.2) is 0 Å². The number of aryl methyl sites for hydroxylation is 1. The molecule has 0 aliphatic carbocycles. The molecule has 0 saturated carbocycles. The lowest BCUT2D eigenvalue weighted by Crippen LogP contribution is -2.40. The predicted molar refractivity (Wildman–Crippen MR) is 114 cm³/mol. The lowest BCUT2D eigenvalue weighted by molar-refractivity contribution is -0.136. The molecule has 2 aliphatic heterocycles. The van der Waals surface area contributed by atoms with Crippen molar-refractivity contribution in [2.24, 2.45) is 5.92 Å². The topological polar surface area (TPSA) is 70.8 Å². The molecule has 2 aromatic rings. The summed E-state index contributed by atoms with van der Waals surface area (Å²) in [5.41, 5.74) is 0.976. The van der Waals surface area contributed by atoms with Crippen molar-refractivity contribution < 1.29 is 17.6 Å². The summed E-state index contributed by atoms with van der Waals surface area (Å²) in [5, 5.41) is 0. The van der Waals surface area contributed by atoms with Gasteiger partial charge in [0, 0.05) is 26.1 Å². The summed E-state index contributed by atoms with van der Waals surface area (Å²) in [6.45, 7) is 4.17. The van der Waals surface area contributed by atoms with Gasteiger partial charge in [0.2, 0.25) is 15.9 Å². The largest absolute Gasteiger partial charge is 0.467 e. The third-order valence-electron chi connectivity index (χ3n) is 6.31. The molecule has 0 radical (unpaired) electrons. The van der Waals surface area contributed by atoms with E-state index in [2.05, 4.69) is 6.92 Å². The number of furan rings is 1. The van der Waals surface area contributed by atoms with Crippen LogP contribution in [0.1, 0.15) is 56.4 Å². The van der Waals surface area contributed by atoms with Crippen molar-refractivity contribution in [3.05, 3.63) is 54.0 Å². The number of amides is 1. The number of hydrogen-bond acceptors (Lipinski definition) is 4. The fourth-order valence-electron chi connectivity index (χ4n) is 4.49. The zero-order valence-corrected chi connectivity index (χ0v) is 18.3. The highest BCUT2D eigenvalue weighted by atomic mass is 32.2. The van der Waals surface area contributed by atoms with E-state index in [1.807, 2.05) is 29.2 Å². The number of sulfonamides is 1. The van der Waals surface area contributed by atoms with Crippen molar-refractivity contribution in [1.82, 2.24) is 9.21 Å². The monoisotopic (exact) mass is 430 g/mol. The molecule has 30 heavy (non-hydrogen) atoms. The molecule has 6 nitrogen and oxygen atoms in total. The van der Waals surface area contributed by atoms with Gasteiger partial charge in [0.05, 0.1) is 17.2 Å². The zero-order valence-electron chi connectivity index (χ0n) is 17.5. The highest BCUT2D eigenvalue weighted by Gasteiger charge is 2.32. The number of piperidine rings is 1. The highest BCUT2D eigenvalue weighted by molar-refractivity contribution is 7.89. The number of benzene rings is 1. The first kappa shape index (κ1) is 21.1. The van der Waals surface area contributed by atoms with Crippen LogP contribution in [0.15, 0.2) is 52.0 Å². The number of carbonyl (C=O) groups excluding carboxylic acids is 1. The molecule has 162 valence electrons. The van der Waals surface area contributed by atoms with E-state index in [4.69, 9.17) is 4.42 Å². The molecule has 2 saturated heterocycles. The number of likely N-dealkylation sites (tertiary alicyclic amines) is 1. The van der Waals surface area contributed by atoms with Crippen LogP contribution in [-0.2, 0) is 21.2 Å². The average Bonchev–Trinajstić information content (AvgIpc) is 3.47. The van der Waals surface area contributed by atoms with Crippen LogP contribution >= 0.6 is 0 Å². The first-order valence-corrected chi connectivity index (χ1v) is 12.3. The van der Waals surface area contributed by atoms with Gasteiger partial charge in [-0.2, -0.15) is 4.31 Å². The smallest absolute Gasteiger partial charge is 0.243 e. The van der Waals surface area contributed by atoms with Crippen LogP contribution in [0.25, 0.3) is 0 Å². The molecule has 3 heterocycles. The predicted octanol–water partition coefficient (Wildman–Crippen LogP) is 4.00. The fraction of sp³-hybridized carbons (Fsp3) is 0.522. The molecule has 7 heteroatoms. The molecule has 2 aliphatic rings. The molecular weight excluding hydrogens is 400 g/mol. The summed E-state index contributed by atoms with van der Waals surface area (Å²) in [6.07, 6.45) is 6.44. The van der Waals surface area contributed by atoms with Crippen molar-refractivity contribution in [1.29, 1.82) is 0 Å². The minimum absolute atomic E-state index is 0.00392. The van der Waals surface area contributed by atoms with Crippen LogP contribution in [0.4, 0.5) is 0 Å². The van der Waals surface area contributed by atoms with E-state index < -0.39 is 10.0 Å². The van der Waals surface area contributed by atoms with E-state index in [1.165, 1.54) is 0 Å². The van der Waals surface area contributed by atoms with Gasteiger partial charge in [0.25, 0.3) is 0 Å². The molecule has 0 spiro atoms. The van der Waals surface area contributed by atoms with Crippen molar-refractivity contribution >= 4 is 15.9 Å². The Bertz CT molecular complexity index is 948. The molecule has 0 unspecified atom stereocenters. The molecule has 2 atom stereocenters. The second-order valence-electron chi connectivity index (χ2n) is 8.50. The van der Waals surface area contributed by atoms with E-state index in [-0.39, 0.29) is 11.9 Å². The number of nitrogens with zero attached hydrogens (tertiary/aromatic N) is 2. The molecule has 1 amide bonds. The SMILES string of the molecule is C[C@H]1CCN(C(=O)CCc2ccc(S(=O)(=O)N3CCCC3)cc2)[C@H](c2ccco2)C1. The third kappa shape index (κ3) is 4.47. The second kappa shape index (κ2) is 8.94. The maximum Gasteiger partial charge on any atom is 0.243 e. The molecule has 1 aromatic carbocycles. The lowest BCUT2D eigenvalue weighted by atomic mass is 9.90. The van der Waals surface area contributed by atoms with Crippen molar-refractivity contribution in [3.63, 3.8) is 0 Å². The first-order chi connectivity index (χ1) is 14.4. The number of hydrogen-bond donors (Lipinski definition) is 0. The molecular formula is C23H30N2O4S.